The molecule has 0 saturated heterocycles. The van der Waals surface area contributed by atoms with Crippen molar-refractivity contribution in [2.75, 3.05) is 10.7 Å². The Morgan fingerprint density at radius 1 is 1.14 bits per heavy atom. The number of nitrogens with one attached hydrogen (secondary N) is 2. The van der Waals surface area contributed by atoms with Gasteiger partial charge in [-0.15, -0.1) is 10.2 Å². The molecule has 1 amide bonds. The van der Waals surface area contributed by atoms with Crippen LogP contribution in [-0.2, 0) is 11.2 Å². The van der Waals surface area contributed by atoms with Gasteiger partial charge in [-0.2, -0.15) is 0 Å². The predicted octanol–water partition coefficient (Wildman–Crippen LogP) is 3.86. The van der Waals surface area contributed by atoms with Gasteiger partial charge in [-0.25, -0.2) is 4.68 Å². The zero-order valence-corrected chi connectivity index (χ0v) is 17.0. The highest BCUT2D eigenvalue weighted by molar-refractivity contribution is 8.00. The van der Waals surface area contributed by atoms with E-state index >= 15 is 0 Å². The van der Waals surface area contributed by atoms with Crippen molar-refractivity contribution >= 4 is 23.4 Å². The molecule has 0 saturated carbocycles. The van der Waals surface area contributed by atoms with E-state index in [1.54, 1.807) is 0 Å². The molecule has 1 aromatic heterocycles. The van der Waals surface area contributed by atoms with Gasteiger partial charge in [-0.05, 0) is 42.7 Å². The number of aromatic nitrogens is 3. The number of anilines is 1. The minimum Gasteiger partial charge on any atom is -0.325 e. The Morgan fingerprint density at radius 2 is 1.86 bits per heavy atom. The van der Waals surface area contributed by atoms with E-state index in [1.807, 2.05) is 67.9 Å². The third-order valence-corrected chi connectivity index (χ3v) is 5.94. The highest BCUT2D eigenvalue weighted by Crippen LogP contribution is 2.37. The monoisotopic (exact) mass is 393 g/mol. The van der Waals surface area contributed by atoms with Gasteiger partial charge in [0, 0.05) is 12.1 Å². The highest BCUT2D eigenvalue weighted by atomic mass is 32.2. The standard InChI is InChI=1S/C21H23N5OS/c1-4-17-23-24-21-26(17)25-18(15-8-6-5-7-9-15)19(28-21)20(27)22-16-11-13(2)10-14(3)12-16/h5-12,18-19,25H,4H2,1-3H3,(H,22,27)/t18-,19-/m0/s1. The summed E-state index contributed by atoms with van der Waals surface area (Å²) in [5.74, 6) is 0.806. The fraction of sp³-hybridized carbons (Fsp3) is 0.286. The molecule has 0 bridgehead atoms. The molecule has 2 aromatic carbocycles. The summed E-state index contributed by atoms with van der Waals surface area (Å²) >= 11 is 1.45. The van der Waals surface area contributed by atoms with Gasteiger partial charge in [0.05, 0.1) is 6.04 Å². The molecular formula is C21H23N5OS. The number of thioether (sulfide) groups is 1. The van der Waals surface area contributed by atoms with Crippen molar-refractivity contribution in [2.45, 2.75) is 43.6 Å². The zero-order valence-electron chi connectivity index (χ0n) is 16.1. The molecule has 0 spiro atoms. The minimum absolute atomic E-state index is 0.0522. The van der Waals surface area contributed by atoms with Crippen molar-refractivity contribution < 1.29 is 4.79 Å². The van der Waals surface area contributed by atoms with Gasteiger partial charge in [-0.1, -0.05) is 55.1 Å². The third-order valence-electron chi connectivity index (χ3n) is 4.73. The molecule has 0 aliphatic carbocycles. The van der Waals surface area contributed by atoms with E-state index in [1.165, 1.54) is 11.8 Å². The Kier molecular flexibility index (Phi) is 5.09. The fourth-order valence-electron chi connectivity index (χ4n) is 3.50. The van der Waals surface area contributed by atoms with Crippen molar-refractivity contribution in [2.24, 2.45) is 0 Å². The average Bonchev–Trinajstić information content (AvgIpc) is 3.09. The second-order valence-electron chi connectivity index (χ2n) is 7.01. The average molecular weight is 394 g/mol. The van der Waals surface area contributed by atoms with E-state index in [0.717, 1.165) is 34.6 Å². The van der Waals surface area contributed by atoms with Gasteiger partial charge in [0.1, 0.15) is 5.25 Å². The number of fused-ring (bicyclic) bond motifs is 1. The second kappa shape index (κ2) is 7.67. The van der Waals surface area contributed by atoms with Gasteiger partial charge < -0.3 is 10.7 Å². The first-order valence-electron chi connectivity index (χ1n) is 9.36. The third kappa shape index (κ3) is 3.62. The normalized spacial score (nSPS) is 18.2. The Labute approximate surface area is 168 Å². The van der Waals surface area contributed by atoms with Crippen LogP contribution in [0, 0.1) is 13.8 Å². The van der Waals surface area contributed by atoms with Crippen LogP contribution in [0.15, 0.2) is 53.7 Å². The lowest BCUT2D eigenvalue weighted by molar-refractivity contribution is -0.116. The van der Waals surface area contributed by atoms with Gasteiger partial charge >= 0.3 is 0 Å². The smallest absolute Gasteiger partial charge is 0.240 e. The summed E-state index contributed by atoms with van der Waals surface area (Å²) in [6.07, 6.45) is 0.765. The molecule has 144 valence electrons. The molecule has 28 heavy (non-hydrogen) atoms. The van der Waals surface area contributed by atoms with Crippen molar-refractivity contribution in [3.05, 3.63) is 71.0 Å². The SMILES string of the molecule is CCc1nnc2n1N[C@@H](c1ccccc1)[C@@H](C(=O)Nc1cc(C)cc(C)c1)S2. The van der Waals surface area contributed by atoms with Gasteiger partial charge in [0.2, 0.25) is 11.1 Å². The van der Waals surface area contributed by atoms with Crippen LogP contribution in [0.4, 0.5) is 5.69 Å². The lowest BCUT2D eigenvalue weighted by Gasteiger charge is -2.33. The molecule has 2 atom stereocenters. The minimum atomic E-state index is -0.371. The first-order chi connectivity index (χ1) is 13.5. The fourth-order valence-corrected chi connectivity index (χ4v) is 4.60. The largest absolute Gasteiger partial charge is 0.325 e. The number of hydrogen-bond acceptors (Lipinski definition) is 5. The van der Waals surface area contributed by atoms with Crippen molar-refractivity contribution in [3.63, 3.8) is 0 Å². The summed E-state index contributed by atoms with van der Waals surface area (Å²) < 4.78 is 1.91. The molecule has 1 aliphatic heterocycles. The summed E-state index contributed by atoms with van der Waals surface area (Å²) in [6, 6.07) is 15.9. The number of nitrogens with zero attached hydrogens (tertiary/aromatic N) is 3. The summed E-state index contributed by atoms with van der Waals surface area (Å²) in [4.78, 5) is 13.2. The van der Waals surface area contributed by atoms with Crippen LogP contribution < -0.4 is 10.7 Å². The number of rotatable bonds is 4. The maximum absolute atomic E-state index is 13.2. The van der Waals surface area contributed by atoms with Gasteiger partial charge in [-0.3, -0.25) is 4.79 Å². The Balaban J connectivity index is 1.67. The number of aryl methyl sites for hydroxylation is 3. The molecule has 7 heteroatoms. The van der Waals surface area contributed by atoms with E-state index in [4.69, 9.17) is 0 Å². The molecule has 2 heterocycles. The van der Waals surface area contributed by atoms with E-state index in [0.29, 0.717) is 5.16 Å². The quantitative estimate of drug-likeness (QED) is 0.704. The molecule has 3 aromatic rings. The predicted molar refractivity (Wildman–Crippen MR) is 112 cm³/mol. The highest BCUT2D eigenvalue weighted by Gasteiger charge is 2.37. The number of carbonyl (C=O) groups excluding carboxylic acids is 1. The van der Waals surface area contributed by atoms with E-state index in [2.05, 4.69) is 27.0 Å². The topological polar surface area (TPSA) is 71.8 Å². The van der Waals surface area contributed by atoms with Crippen LogP contribution in [0.25, 0.3) is 0 Å². The van der Waals surface area contributed by atoms with Gasteiger partial charge in [0.25, 0.3) is 0 Å². The van der Waals surface area contributed by atoms with E-state index in [9.17, 15) is 4.79 Å². The maximum atomic E-state index is 13.2. The van der Waals surface area contributed by atoms with Crippen LogP contribution >= 0.6 is 11.8 Å². The van der Waals surface area contributed by atoms with Crippen LogP contribution in [0.2, 0.25) is 0 Å². The molecular weight excluding hydrogens is 370 g/mol. The summed E-state index contributed by atoms with van der Waals surface area (Å²) in [6.45, 7) is 6.10. The lowest BCUT2D eigenvalue weighted by atomic mass is 10.0. The summed E-state index contributed by atoms with van der Waals surface area (Å²) in [5, 5.41) is 11.9. The van der Waals surface area contributed by atoms with E-state index < -0.39 is 0 Å². The first-order valence-corrected chi connectivity index (χ1v) is 10.2. The Bertz CT molecular complexity index is 981. The lowest BCUT2D eigenvalue weighted by Crippen LogP contribution is -2.41. The van der Waals surface area contributed by atoms with E-state index in [-0.39, 0.29) is 17.2 Å². The first kappa shape index (κ1) is 18.6. The molecule has 6 nitrogen and oxygen atoms in total. The number of hydrogen-bond donors (Lipinski definition) is 2. The molecule has 4 rings (SSSR count). The molecule has 0 unspecified atom stereocenters. The van der Waals surface area contributed by atoms with Crippen molar-refractivity contribution in [1.82, 2.24) is 14.9 Å². The van der Waals surface area contributed by atoms with Crippen LogP contribution in [-0.4, -0.2) is 26.0 Å². The van der Waals surface area contributed by atoms with Crippen molar-refractivity contribution in [3.8, 4) is 0 Å². The number of carbonyl (C=O) groups is 1. The van der Waals surface area contributed by atoms with Gasteiger partial charge in [0.15, 0.2) is 5.82 Å². The molecule has 1 aliphatic rings. The zero-order chi connectivity index (χ0) is 19.7. The van der Waals surface area contributed by atoms with Crippen LogP contribution in [0.3, 0.4) is 0 Å². The molecule has 0 radical (unpaired) electrons. The molecule has 2 N–H and O–H groups in total. The summed E-state index contributed by atoms with van der Waals surface area (Å²) in [5.41, 5.74) is 7.57. The van der Waals surface area contributed by atoms with Crippen LogP contribution in [0.5, 0.6) is 0 Å². The Morgan fingerprint density at radius 3 is 2.54 bits per heavy atom. The maximum Gasteiger partial charge on any atom is 0.240 e. The van der Waals surface area contributed by atoms with Crippen LogP contribution in [0.1, 0.15) is 35.5 Å². The molecule has 0 fully saturated rings. The summed E-state index contributed by atoms with van der Waals surface area (Å²) in [7, 11) is 0. The van der Waals surface area contributed by atoms with Crippen molar-refractivity contribution in [1.29, 1.82) is 0 Å². The Hall–Kier alpha value is -2.80. The number of benzene rings is 2. The number of amides is 1. The second-order valence-corrected chi connectivity index (χ2v) is 8.12.